The molecule has 97 heavy (non-hydrogen) atoms. The summed E-state index contributed by atoms with van der Waals surface area (Å²) in [6.45, 7) is 29.9. The first kappa shape index (κ1) is 90.5. The zero-order chi connectivity index (χ0) is 73.9. The number of hydrogen-bond donors (Lipinski definition) is 2. The van der Waals surface area contributed by atoms with Crippen LogP contribution >= 0.6 is 0 Å². The average Bonchev–Trinajstić information content (AvgIpc) is 2.89. The maximum Gasteiger partial charge on any atom is 0.330 e. The summed E-state index contributed by atoms with van der Waals surface area (Å²) < 4.78 is 75.3. The molecule has 0 aromatic heterocycles. The number of ether oxygens (including phenoxy) is 15. The Labute approximate surface area is 560 Å². The molecule has 34 heteroatoms. The van der Waals surface area contributed by atoms with Gasteiger partial charge in [-0.25, -0.2) is 47.9 Å². The minimum atomic E-state index is -1.24. The highest BCUT2D eigenvalue weighted by Crippen LogP contribution is 2.09. The minimum absolute atomic E-state index is 0.00895. The van der Waals surface area contributed by atoms with Gasteiger partial charge in [0.1, 0.15) is 66.1 Å². The zero-order valence-electron chi connectivity index (χ0n) is 54.1. The molecule has 0 aliphatic carbocycles. The van der Waals surface area contributed by atoms with Crippen LogP contribution in [0.5, 0.6) is 0 Å². The van der Waals surface area contributed by atoms with Crippen molar-refractivity contribution in [2.24, 2.45) is 11.5 Å². The second-order valence-corrected chi connectivity index (χ2v) is 18.3. The number of esters is 15. The van der Waals surface area contributed by atoms with E-state index in [4.69, 9.17) is 73.0 Å². The molecule has 538 valence electrons. The third-order valence-corrected chi connectivity index (χ3v) is 10.8. The van der Waals surface area contributed by atoms with Gasteiger partial charge < -0.3 is 92.3 Å². The fourth-order valence-corrected chi connectivity index (χ4v) is 6.01. The van der Waals surface area contributed by atoms with Crippen molar-refractivity contribution in [3.05, 3.63) is 127 Å². The maximum absolute atomic E-state index is 13.0. The molecular weight excluding hydrogens is 1290 g/mol. The molecule has 0 aromatic rings. The van der Waals surface area contributed by atoms with Crippen molar-refractivity contribution >= 4 is 89.5 Å². The predicted molar refractivity (Wildman–Crippen MR) is 336 cm³/mol. The molecule has 0 saturated heterocycles. The predicted octanol–water partition coefficient (Wildman–Crippen LogP) is -0.0881. The molecule has 0 spiro atoms. The van der Waals surface area contributed by atoms with Crippen molar-refractivity contribution in [1.82, 2.24) is 9.80 Å². The van der Waals surface area contributed by atoms with Crippen LogP contribution in [0.1, 0.15) is 32.6 Å². The van der Waals surface area contributed by atoms with E-state index in [2.05, 4.69) is 75.3 Å². The van der Waals surface area contributed by atoms with Crippen molar-refractivity contribution < 1.29 is 143 Å². The van der Waals surface area contributed by atoms with Gasteiger partial charge in [-0.15, -0.1) is 0 Å². The first-order chi connectivity index (χ1) is 46.1. The molecule has 0 heterocycles. The molecule has 0 amide bonds. The van der Waals surface area contributed by atoms with Crippen molar-refractivity contribution in [2.45, 2.75) is 63.1 Å². The van der Waals surface area contributed by atoms with Crippen LogP contribution < -0.4 is 11.5 Å². The molecule has 0 saturated carbocycles. The van der Waals surface area contributed by atoms with Gasteiger partial charge in [-0.3, -0.25) is 24.0 Å². The highest BCUT2D eigenvalue weighted by Gasteiger charge is 2.25. The number of rotatable bonds is 51. The first-order valence-electron chi connectivity index (χ1n) is 28.9. The van der Waals surface area contributed by atoms with Crippen molar-refractivity contribution in [3.8, 4) is 0 Å². The highest BCUT2D eigenvalue weighted by atomic mass is 16.6. The molecule has 0 rings (SSSR count). The molecule has 0 bridgehead atoms. The van der Waals surface area contributed by atoms with E-state index in [-0.39, 0.29) is 78.2 Å². The molecule has 34 nitrogen and oxygen atoms in total. The van der Waals surface area contributed by atoms with Crippen LogP contribution in [0.3, 0.4) is 0 Å². The molecule has 4 unspecified atom stereocenters. The van der Waals surface area contributed by atoms with Crippen LogP contribution in [0.4, 0.5) is 0 Å². The summed E-state index contributed by atoms with van der Waals surface area (Å²) in [5.74, 6) is -12.2. The van der Waals surface area contributed by atoms with Gasteiger partial charge in [-0.05, 0) is 0 Å². The Balaban J connectivity index is -0.00000339. The summed E-state index contributed by atoms with van der Waals surface area (Å²) in [7, 11) is 0. The summed E-state index contributed by atoms with van der Waals surface area (Å²) in [6, 6.07) is 0. The third-order valence-electron chi connectivity index (χ3n) is 10.8. The Kier molecular flexibility index (Phi) is 54.0. The lowest BCUT2D eigenvalue weighted by Gasteiger charge is -2.27. The SMILES string of the molecule is C=CC(=O)OCC(COC(=O)C=C)OC(=O)C=C.C=CC(=O)OCC(COC(=O)CCN(CCC(=O)OCC(COC(C)=O)OC(=O)C=C)CCN(CCC(=O)OCC(COC(=O)C=C)OC(=O)C=C)CCC(=O)OCC(COC(=O)C=C)OC(=O)C=C)OC(=O)C=C.NCCN. The summed E-state index contributed by atoms with van der Waals surface area (Å²) in [4.78, 5) is 182. The summed E-state index contributed by atoms with van der Waals surface area (Å²) in [6.07, 6.45) is 1.65. The van der Waals surface area contributed by atoms with Crippen LogP contribution in [0.15, 0.2) is 127 Å². The smallest absolute Gasteiger partial charge is 0.330 e. The lowest BCUT2D eigenvalue weighted by atomic mass is 10.3. The number of nitrogens with zero attached hydrogens (tertiary/aromatic N) is 2. The second-order valence-electron chi connectivity index (χ2n) is 18.3. The van der Waals surface area contributed by atoms with E-state index < -0.39 is 173 Å². The van der Waals surface area contributed by atoms with Gasteiger partial charge >= 0.3 is 89.5 Å². The van der Waals surface area contributed by atoms with Crippen LogP contribution in [-0.4, -0.2) is 248 Å². The third kappa shape index (κ3) is 53.4. The first-order valence-corrected chi connectivity index (χ1v) is 28.9. The zero-order valence-corrected chi connectivity index (χ0v) is 54.1. The second kappa shape index (κ2) is 57.9. The largest absolute Gasteiger partial charge is 0.462 e. The van der Waals surface area contributed by atoms with Gasteiger partial charge in [0.25, 0.3) is 0 Å². The lowest BCUT2D eigenvalue weighted by molar-refractivity contribution is -0.163. The molecule has 4 N–H and O–H groups in total. The summed E-state index contributed by atoms with van der Waals surface area (Å²) in [5.41, 5.74) is 9.81. The van der Waals surface area contributed by atoms with Crippen molar-refractivity contribution in [3.63, 3.8) is 0 Å². The molecule has 0 radical (unpaired) electrons. The topological polar surface area (TPSA) is 453 Å². The molecular formula is C63H86N4O30. The number of carbonyl (C=O) groups is 15. The Hall–Kier alpha value is -10.7. The van der Waals surface area contributed by atoms with E-state index in [0.29, 0.717) is 13.1 Å². The molecule has 0 aliphatic heterocycles. The molecule has 0 fully saturated rings. The van der Waals surface area contributed by atoms with E-state index in [9.17, 15) is 71.9 Å². The van der Waals surface area contributed by atoms with Crippen LogP contribution in [-0.2, 0) is 143 Å². The maximum atomic E-state index is 13.0. The summed E-state index contributed by atoms with van der Waals surface area (Å²) >= 11 is 0. The number of carbonyl (C=O) groups excluding carboxylic acids is 15. The van der Waals surface area contributed by atoms with Crippen molar-refractivity contribution in [2.75, 3.05) is 118 Å². The fraction of sp³-hybridized carbons (Fsp3) is 0.444. The Bertz CT molecular complexity index is 2590. The minimum Gasteiger partial charge on any atom is -0.462 e. The highest BCUT2D eigenvalue weighted by molar-refractivity contribution is 5.85. The van der Waals surface area contributed by atoms with Crippen LogP contribution in [0, 0.1) is 0 Å². The average molecular weight is 1380 g/mol. The van der Waals surface area contributed by atoms with Crippen molar-refractivity contribution in [1.29, 1.82) is 0 Å². The van der Waals surface area contributed by atoms with Crippen LogP contribution in [0.2, 0.25) is 0 Å². The summed E-state index contributed by atoms with van der Waals surface area (Å²) in [5, 5.41) is 0. The van der Waals surface area contributed by atoms with Gasteiger partial charge in [0.2, 0.25) is 0 Å². The van der Waals surface area contributed by atoms with E-state index in [1.54, 1.807) is 9.80 Å². The molecule has 4 atom stereocenters. The van der Waals surface area contributed by atoms with Gasteiger partial charge in [0.15, 0.2) is 30.5 Å². The van der Waals surface area contributed by atoms with E-state index in [1.165, 1.54) is 0 Å². The van der Waals surface area contributed by atoms with Gasteiger partial charge in [0.05, 0.1) is 25.7 Å². The van der Waals surface area contributed by atoms with Gasteiger partial charge in [-0.2, -0.15) is 0 Å². The standard InChI is InChI=1S/C49H64N2O24.C12H14O6.C2H8N2/c1-9-39(53)65-27-36(73-43(57)13-5)31-69-47(61)17-21-50(20-16-46(60)68-30-35(26-64-34(8)52)72-42(56)12-4)24-25-51(22-18-48(62)70-32-37(74-44(58)14-6)28-66-40(54)10-2)23-19-49(63)71-33-38(75-45(59)15-7)29-67-41(55)11-3;1-4-10(13)16-7-9(18-12(15)6-3)8-17-11(14)5-2;3-1-2-4/h9-15,35-38H,1-7,16-33H2,8H3;4-6,9H,1-3,7-8H2;1-4H2. The van der Waals surface area contributed by atoms with Crippen LogP contribution in [0.25, 0.3) is 0 Å². The molecule has 0 aromatic carbocycles. The Morgan fingerprint density at radius 3 is 0.588 bits per heavy atom. The van der Waals surface area contributed by atoms with Gasteiger partial charge in [-0.1, -0.05) is 65.8 Å². The van der Waals surface area contributed by atoms with E-state index >= 15 is 0 Å². The van der Waals surface area contributed by atoms with Gasteiger partial charge in [0, 0.05) is 120 Å². The van der Waals surface area contributed by atoms with E-state index in [1.807, 2.05) is 0 Å². The Morgan fingerprint density at radius 1 is 0.268 bits per heavy atom. The quantitative estimate of drug-likeness (QED) is 0.0456. The molecule has 0 aliphatic rings. The number of hydrogen-bond acceptors (Lipinski definition) is 34. The van der Waals surface area contributed by atoms with E-state index in [0.717, 1.165) is 67.7 Å². The Morgan fingerprint density at radius 2 is 0.433 bits per heavy atom. The monoisotopic (exact) mass is 1380 g/mol. The number of nitrogens with two attached hydrogens (primary N) is 2. The normalized spacial score (nSPS) is 11.2. The fourth-order valence-electron chi connectivity index (χ4n) is 6.01. The lowest BCUT2D eigenvalue weighted by Crippen LogP contribution is -2.40.